The lowest BCUT2D eigenvalue weighted by Crippen LogP contribution is -2.01. The monoisotopic (exact) mass is 203 g/mol. The van der Waals surface area contributed by atoms with E-state index in [-0.39, 0.29) is 5.56 Å². The maximum Gasteiger partial charge on any atom is 0.336 e. The normalized spacial score (nSPS) is 9.20. The minimum atomic E-state index is -0.948. The fraction of sp³-hybridized carbons (Fsp3) is 0.250. The highest BCUT2D eigenvalue weighted by molar-refractivity contribution is 5.91. The molecule has 0 heterocycles. The molecule has 3 heteroatoms. The largest absolute Gasteiger partial charge is 0.478 e. The molecule has 0 aliphatic carbocycles. The van der Waals surface area contributed by atoms with Crippen LogP contribution in [-0.4, -0.2) is 17.6 Å². The molecule has 0 bridgehead atoms. The van der Waals surface area contributed by atoms with E-state index in [1.807, 2.05) is 13.0 Å². The molecule has 1 aromatic carbocycles. The molecule has 0 fully saturated rings. The number of carboxylic acid groups (broad SMARTS) is 1. The fourth-order valence-electron chi connectivity index (χ4n) is 1.23. The molecule has 0 saturated carbocycles. The number of benzene rings is 1. The van der Waals surface area contributed by atoms with E-state index in [4.69, 9.17) is 10.8 Å². The molecule has 3 nitrogen and oxygen atoms in total. The summed E-state index contributed by atoms with van der Waals surface area (Å²) < 4.78 is 0. The highest BCUT2D eigenvalue weighted by Crippen LogP contribution is 2.12. The van der Waals surface area contributed by atoms with Crippen molar-refractivity contribution in [2.24, 2.45) is 5.73 Å². The van der Waals surface area contributed by atoms with Gasteiger partial charge in [0, 0.05) is 18.5 Å². The van der Waals surface area contributed by atoms with Crippen molar-refractivity contribution in [2.45, 2.75) is 13.3 Å². The van der Waals surface area contributed by atoms with Gasteiger partial charge in [-0.2, -0.15) is 0 Å². The third-order valence-electron chi connectivity index (χ3n) is 1.99. The zero-order chi connectivity index (χ0) is 11.3. The Morgan fingerprint density at radius 3 is 2.87 bits per heavy atom. The van der Waals surface area contributed by atoms with Crippen molar-refractivity contribution in [2.75, 3.05) is 6.54 Å². The van der Waals surface area contributed by atoms with Crippen LogP contribution in [0.1, 0.15) is 27.9 Å². The lowest BCUT2D eigenvalue weighted by molar-refractivity contribution is 0.0696. The van der Waals surface area contributed by atoms with E-state index in [0.29, 0.717) is 18.5 Å². The van der Waals surface area contributed by atoms with E-state index in [0.717, 1.165) is 5.56 Å². The van der Waals surface area contributed by atoms with Crippen molar-refractivity contribution >= 4 is 5.97 Å². The molecule has 0 saturated heterocycles. The van der Waals surface area contributed by atoms with Crippen LogP contribution in [0.25, 0.3) is 0 Å². The minimum absolute atomic E-state index is 0.250. The summed E-state index contributed by atoms with van der Waals surface area (Å²) in [5, 5.41) is 8.95. The van der Waals surface area contributed by atoms with Crippen LogP contribution in [0.5, 0.6) is 0 Å². The van der Waals surface area contributed by atoms with Crippen LogP contribution in [0.15, 0.2) is 18.2 Å². The molecule has 1 rings (SSSR count). The predicted molar refractivity (Wildman–Crippen MR) is 58.7 cm³/mol. The number of carbonyl (C=O) groups is 1. The number of nitrogens with two attached hydrogens (primary N) is 1. The van der Waals surface area contributed by atoms with E-state index in [9.17, 15) is 4.79 Å². The summed E-state index contributed by atoms with van der Waals surface area (Å²) in [4.78, 5) is 10.9. The van der Waals surface area contributed by atoms with Crippen LogP contribution >= 0.6 is 0 Å². The van der Waals surface area contributed by atoms with Crippen molar-refractivity contribution in [3.05, 3.63) is 34.9 Å². The smallest absolute Gasteiger partial charge is 0.336 e. The Morgan fingerprint density at radius 1 is 1.53 bits per heavy atom. The lowest BCUT2D eigenvalue weighted by atomic mass is 10.0. The molecule has 0 radical (unpaired) electrons. The fourth-order valence-corrected chi connectivity index (χ4v) is 1.23. The Kier molecular flexibility index (Phi) is 3.90. The topological polar surface area (TPSA) is 63.3 Å². The first-order valence-electron chi connectivity index (χ1n) is 4.68. The number of aryl methyl sites for hydroxylation is 1. The number of hydrogen-bond donors (Lipinski definition) is 2. The Balaban J connectivity index is 3.15. The van der Waals surface area contributed by atoms with Crippen LogP contribution in [-0.2, 0) is 0 Å². The van der Waals surface area contributed by atoms with Crippen molar-refractivity contribution in [3.63, 3.8) is 0 Å². The molecule has 0 spiro atoms. The highest BCUT2D eigenvalue weighted by Gasteiger charge is 2.09. The molecule has 15 heavy (non-hydrogen) atoms. The summed E-state index contributed by atoms with van der Waals surface area (Å²) in [6, 6.07) is 5.12. The van der Waals surface area contributed by atoms with E-state index in [2.05, 4.69) is 11.8 Å². The zero-order valence-corrected chi connectivity index (χ0v) is 8.58. The van der Waals surface area contributed by atoms with Gasteiger partial charge in [0.15, 0.2) is 0 Å². The molecule has 0 unspecified atom stereocenters. The standard InChI is InChI=1S/C12H13NO2/c1-9-5-4-7-11(12(14)15)10(9)6-2-3-8-13/h4-5,7H,3,8,13H2,1H3,(H,14,15). The minimum Gasteiger partial charge on any atom is -0.478 e. The van der Waals surface area contributed by atoms with Gasteiger partial charge >= 0.3 is 5.97 Å². The van der Waals surface area contributed by atoms with Crippen molar-refractivity contribution in [1.82, 2.24) is 0 Å². The summed E-state index contributed by atoms with van der Waals surface area (Å²) in [6.45, 7) is 2.33. The summed E-state index contributed by atoms with van der Waals surface area (Å²) in [5.41, 5.74) is 7.02. The van der Waals surface area contributed by atoms with Crippen LogP contribution in [0.4, 0.5) is 0 Å². The van der Waals surface area contributed by atoms with Crippen LogP contribution < -0.4 is 5.73 Å². The Bertz CT molecular complexity index is 427. The summed E-state index contributed by atoms with van der Waals surface area (Å²) >= 11 is 0. The Morgan fingerprint density at radius 2 is 2.27 bits per heavy atom. The van der Waals surface area contributed by atoms with Gasteiger partial charge in [-0.05, 0) is 18.6 Å². The molecule has 0 aliphatic rings. The second kappa shape index (κ2) is 5.18. The first-order valence-corrected chi connectivity index (χ1v) is 4.68. The summed E-state index contributed by atoms with van der Waals surface area (Å²) in [7, 11) is 0. The summed E-state index contributed by atoms with van der Waals surface area (Å²) in [6.07, 6.45) is 0.577. The molecular weight excluding hydrogens is 190 g/mol. The Hall–Kier alpha value is -1.79. The number of carboxylic acids is 1. The summed E-state index contributed by atoms with van der Waals surface area (Å²) in [5.74, 6) is 4.75. The molecule has 0 atom stereocenters. The first-order chi connectivity index (χ1) is 7.16. The average molecular weight is 203 g/mol. The second-order valence-electron chi connectivity index (χ2n) is 3.14. The zero-order valence-electron chi connectivity index (χ0n) is 8.58. The quantitative estimate of drug-likeness (QED) is 0.714. The third-order valence-corrected chi connectivity index (χ3v) is 1.99. The molecule has 0 aromatic heterocycles. The first kappa shape index (κ1) is 11.3. The third kappa shape index (κ3) is 2.83. The van der Waals surface area contributed by atoms with Crippen LogP contribution in [0.3, 0.4) is 0 Å². The maximum atomic E-state index is 10.9. The molecule has 0 aliphatic heterocycles. The van der Waals surface area contributed by atoms with E-state index >= 15 is 0 Å². The van der Waals surface area contributed by atoms with Gasteiger partial charge in [0.25, 0.3) is 0 Å². The predicted octanol–water partition coefficient (Wildman–Crippen LogP) is 1.39. The van der Waals surface area contributed by atoms with E-state index in [1.54, 1.807) is 12.1 Å². The van der Waals surface area contributed by atoms with Crippen molar-refractivity contribution in [3.8, 4) is 11.8 Å². The number of aromatic carboxylic acids is 1. The number of rotatable bonds is 2. The lowest BCUT2D eigenvalue weighted by Gasteiger charge is -2.02. The van der Waals surface area contributed by atoms with Gasteiger partial charge in [0.05, 0.1) is 5.56 Å². The molecule has 1 aromatic rings. The van der Waals surface area contributed by atoms with Crippen molar-refractivity contribution in [1.29, 1.82) is 0 Å². The van der Waals surface area contributed by atoms with Crippen molar-refractivity contribution < 1.29 is 9.90 Å². The highest BCUT2D eigenvalue weighted by atomic mass is 16.4. The van der Waals surface area contributed by atoms with Crippen LogP contribution in [0, 0.1) is 18.8 Å². The number of hydrogen-bond acceptors (Lipinski definition) is 2. The van der Waals surface area contributed by atoms with E-state index in [1.165, 1.54) is 0 Å². The maximum absolute atomic E-state index is 10.9. The average Bonchev–Trinajstić information content (AvgIpc) is 2.20. The van der Waals surface area contributed by atoms with Gasteiger partial charge in [-0.1, -0.05) is 24.0 Å². The molecular formula is C12H13NO2. The molecule has 0 amide bonds. The van der Waals surface area contributed by atoms with Gasteiger partial charge < -0.3 is 10.8 Å². The van der Waals surface area contributed by atoms with Gasteiger partial charge in [-0.15, -0.1) is 0 Å². The van der Waals surface area contributed by atoms with Gasteiger partial charge in [-0.3, -0.25) is 0 Å². The van der Waals surface area contributed by atoms with E-state index < -0.39 is 5.97 Å². The Labute approximate surface area is 88.9 Å². The van der Waals surface area contributed by atoms with Gasteiger partial charge in [0.1, 0.15) is 0 Å². The molecule has 3 N–H and O–H groups in total. The van der Waals surface area contributed by atoms with Gasteiger partial charge in [0.2, 0.25) is 0 Å². The molecule has 78 valence electrons. The van der Waals surface area contributed by atoms with Crippen LogP contribution in [0.2, 0.25) is 0 Å². The van der Waals surface area contributed by atoms with Gasteiger partial charge in [-0.25, -0.2) is 4.79 Å². The second-order valence-corrected chi connectivity index (χ2v) is 3.14. The SMILES string of the molecule is Cc1cccc(C(=O)O)c1C#CCCN.